The molecule has 0 saturated carbocycles. The molecule has 2 aromatic heterocycles. The second-order valence-electron chi connectivity index (χ2n) is 2.24. The van der Waals surface area contributed by atoms with Gasteiger partial charge in [-0.1, -0.05) is 11.6 Å². The van der Waals surface area contributed by atoms with Crippen molar-refractivity contribution in [2.45, 2.75) is 0 Å². The van der Waals surface area contributed by atoms with E-state index in [4.69, 9.17) is 21.3 Å². The predicted octanol–water partition coefficient (Wildman–Crippen LogP) is 2.35. The Morgan fingerprint density at radius 3 is 3.08 bits per heavy atom. The zero-order valence-electron chi connectivity index (χ0n) is 5.91. The van der Waals surface area contributed by atoms with Crippen molar-refractivity contribution in [1.29, 1.82) is 5.26 Å². The summed E-state index contributed by atoms with van der Waals surface area (Å²) in [4.78, 5) is 3.96. The summed E-state index contributed by atoms with van der Waals surface area (Å²) in [5, 5.41) is 8.90. The van der Waals surface area contributed by atoms with Gasteiger partial charge in [0.05, 0.1) is 0 Å². The fourth-order valence-corrected chi connectivity index (χ4v) is 1.11. The molecule has 0 aliphatic carbocycles. The number of aromatic nitrogens is 1. The highest BCUT2D eigenvalue weighted by atomic mass is 35.5. The van der Waals surface area contributed by atoms with Crippen molar-refractivity contribution >= 4 is 22.7 Å². The van der Waals surface area contributed by atoms with Crippen LogP contribution in [0.5, 0.6) is 0 Å². The molecule has 0 aliphatic heterocycles. The Hall–Kier alpha value is -1.53. The number of rotatable bonds is 0. The Kier molecular flexibility index (Phi) is 1.49. The van der Waals surface area contributed by atoms with Gasteiger partial charge in [-0.2, -0.15) is 5.26 Å². The van der Waals surface area contributed by atoms with Crippen LogP contribution in [0.2, 0.25) is 5.15 Å². The van der Waals surface area contributed by atoms with Crippen molar-refractivity contribution in [3.05, 3.63) is 29.1 Å². The number of furan rings is 1. The molecule has 0 amide bonds. The first kappa shape index (κ1) is 7.14. The lowest BCUT2D eigenvalue weighted by Gasteiger charge is -1.86. The van der Waals surface area contributed by atoms with E-state index in [0.29, 0.717) is 16.3 Å². The summed E-state index contributed by atoms with van der Waals surface area (Å²) in [6.45, 7) is 0. The first-order valence-corrected chi connectivity index (χ1v) is 3.63. The van der Waals surface area contributed by atoms with Gasteiger partial charge in [-0.25, -0.2) is 4.98 Å². The second-order valence-corrected chi connectivity index (χ2v) is 2.63. The van der Waals surface area contributed by atoms with Gasteiger partial charge in [-0.3, -0.25) is 0 Å². The van der Waals surface area contributed by atoms with Crippen molar-refractivity contribution in [3.8, 4) is 6.07 Å². The molecule has 58 valence electrons. The van der Waals surface area contributed by atoms with Crippen LogP contribution in [0.15, 0.2) is 22.6 Å². The van der Waals surface area contributed by atoms with Gasteiger partial charge in [0.1, 0.15) is 16.7 Å². The van der Waals surface area contributed by atoms with Gasteiger partial charge >= 0.3 is 0 Å². The summed E-state index contributed by atoms with van der Waals surface area (Å²) in [6.07, 6.45) is 0. The van der Waals surface area contributed by atoms with Crippen molar-refractivity contribution < 1.29 is 4.42 Å². The van der Waals surface area contributed by atoms with Gasteiger partial charge in [0.15, 0.2) is 5.58 Å². The van der Waals surface area contributed by atoms with Gasteiger partial charge < -0.3 is 4.42 Å². The summed E-state index contributed by atoms with van der Waals surface area (Å²) in [7, 11) is 0. The van der Waals surface area contributed by atoms with E-state index in [0.717, 1.165) is 0 Å². The second kappa shape index (κ2) is 2.50. The molecule has 0 N–H and O–H groups in total. The van der Waals surface area contributed by atoms with E-state index in [-0.39, 0.29) is 5.76 Å². The number of fused-ring (bicyclic) bond motifs is 1. The molecule has 4 heteroatoms. The molecular weight excluding hydrogens is 176 g/mol. The van der Waals surface area contributed by atoms with Crippen molar-refractivity contribution in [2.75, 3.05) is 0 Å². The Morgan fingerprint density at radius 2 is 2.33 bits per heavy atom. The Morgan fingerprint density at radius 1 is 1.50 bits per heavy atom. The average molecular weight is 179 g/mol. The molecule has 12 heavy (non-hydrogen) atoms. The molecule has 0 spiro atoms. The molecule has 2 heterocycles. The molecule has 2 rings (SSSR count). The van der Waals surface area contributed by atoms with Crippen LogP contribution in [0.1, 0.15) is 5.76 Å². The maximum absolute atomic E-state index is 8.50. The van der Waals surface area contributed by atoms with Gasteiger partial charge in [0.25, 0.3) is 0 Å². The molecule has 0 unspecified atom stereocenters. The topological polar surface area (TPSA) is 49.8 Å². The third-order valence-corrected chi connectivity index (χ3v) is 1.66. The van der Waals surface area contributed by atoms with E-state index in [2.05, 4.69) is 4.98 Å². The van der Waals surface area contributed by atoms with Crippen LogP contribution in [0.3, 0.4) is 0 Å². The normalized spacial score (nSPS) is 10.0. The quantitative estimate of drug-likeness (QED) is 0.582. The zero-order valence-corrected chi connectivity index (χ0v) is 6.67. The van der Waals surface area contributed by atoms with Crippen molar-refractivity contribution in [2.24, 2.45) is 0 Å². The number of nitrogens with zero attached hydrogens (tertiary/aromatic N) is 2. The number of pyridine rings is 1. The van der Waals surface area contributed by atoms with Crippen LogP contribution < -0.4 is 0 Å². The van der Waals surface area contributed by atoms with E-state index in [1.54, 1.807) is 18.2 Å². The van der Waals surface area contributed by atoms with Crippen LogP contribution >= 0.6 is 11.6 Å². The van der Waals surface area contributed by atoms with Crippen LogP contribution in [0.25, 0.3) is 11.1 Å². The van der Waals surface area contributed by atoms with Crippen LogP contribution in [0, 0.1) is 11.3 Å². The average Bonchev–Trinajstić information content (AvgIpc) is 2.46. The van der Waals surface area contributed by atoms with E-state index < -0.39 is 0 Å². The zero-order chi connectivity index (χ0) is 8.55. The molecule has 0 bridgehead atoms. The monoisotopic (exact) mass is 178 g/mol. The minimum atomic E-state index is 0.250. The summed E-state index contributed by atoms with van der Waals surface area (Å²) in [5.41, 5.74) is 1.19. The fraction of sp³-hybridized carbons (Fsp3) is 0. The summed E-state index contributed by atoms with van der Waals surface area (Å²) in [6, 6.07) is 6.75. The lowest BCUT2D eigenvalue weighted by molar-refractivity contribution is 0.599. The van der Waals surface area contributed by atoms with Crippen molar-refractivity contribution in [3.63, 3.8) is 0 Å². The molecule has 0 saturated heterocycles. The molecule has 3 nitrogen and oxygen atoms in total. The first-order valence-electron chi connectivity index (χ1n) is 3.26. The van der Waals surface area contributed by atoms with Crippen molar-refractivity contribution in [1.82, 2.24) is 4.98 Å². The maximum Gasteiger partial charge on any atom is 0.206 e. The highest BCUT2D eigenvalue weighted by Gasteiger charge is 2.03. The van der Waals surface area contributed by atoms with Crippen LogP contribution in [0.4, 0.5) is 0 Å². The van der Waals surface area contributed by atoms with Crippen LogP contribution in [-0.2, 0) is 0 Å². The van der Waals surface area contributed by atoms with Gasteiger partial charge in [-0.15, -0.1) is 0 Å². The van der Waals surface area contributed by atoms with E-state index >= 15 is 0 Å². The fourth-order valence-electron chi connectivity index (χ4n) is 0.954. The van der Waals surface area contributed by atoms with Gasteiger partial charge in [0, 0.05) is 6.07 Å². The predicted molar refractivity (Wildman–Crippen MR) is 43.7 cm³/mol. The third-order valence-electron chi connectivity index (χ3n) is 1.45. The largest absolute Gasteiger partial charge is 0.444 e. The van der Waals surface area contributed by atoms with E-state index in [1.165, 1.54) is 0 Å². The Labute approximate surface area is 73.2 Å². The minimum Gasteiger partial charge on any atom is -0.444 e. The summed E-state index contributed by atoms with van der Waals surface area (Å²) in [5.74, 6) is 0.250. The van der Waals surface area contributed by atoms with Gasteiger partial charge in [0.2, 0.25) is 5.76 Å². The van der Waals surface area contributed by atoms with Crippen LogP contribution in [-0.4, -0.2) is 4.98 Å². The standard InChI is InChI=1S/C8H3ClN2O/c9-8-2-1-7-6(11-8)3-5(4-10)12-7/h1-3H. The molecule has 2 aromatic rings. The SMILES string of the molecule is N#Cc1cc2nc(Cl)ccc2o1. The molecular formula is C8H3ClN2O. The molecule has 0 radical (unpaired) electrons. The number of nitriles is 1. The van der Waals surface area contributed by atoms with E-state index in [1.807, 2.05) is 6.07 Å². The molecule has 0 fully saturated rings. The Bertz CT molecular complexity index is 469. The molecule has 0 aromatic carbocycles. The third kappa shape index (κ3) is 1.03. The highest BCUT2D eigenvalue weighted by Crippen LogP contribution is 2.18. The number of hydrogen-bond donors (Lipinski definition) is 0. The lowest BCUT2D eigenvalue weighted by Crippen LogP contribution is -1.71. The highest BCUT2D eigenvalue weighted by molar-refractivity contribution is 6.29. The molecule has 0 atom stereocenters. The maximum atomic E-state index is 8.50. The summed E-state index contributed by atoms with van der Waals surface area (Å²) >= 11 is 5.64. The minimum absolute atomic E-state index is 0.250. The lowest BCUT2D eigenvalue weighted by atomic mass is 10.4. The Balaban J connectivity index is 2.77. The summed E-state index contributed by atoms with van der Waals surface area (Å²) < 4.78 is 5.09. The number of halogens is 1. The van der Waals surface area contributed by atoms with E-state index in [9.17, 15) is 0 Å². The van der Waals surface area contributed by atoms with Gasteiger partial charge in [-0.05, 0) is 12.1 Å². The molecule has 0 aliphatic rings. The smallest absolute Gasteiger partial charge is 0.206 e. The number of hydrogen-bond acceptors (Lipinski definition) is 3. The first-order chi connectivity index (χ1) is 5.79.